The molecule has 30 heavy (non-hydrogen) atoms. The van der Waals surface area contributed by atoms with Crippen LogP contribution in [0.4, 0.5) is 0 Å². The van der Waals surface area contributed by atoms with Crippen molar-refractivity contribution in [2.24, 2.45) is 29.1 Å². The summed E-state index contributed by atoms with van der Waals surface area (Å²) < 4.78 is 0. The Morgan fingerprint density at radius 1 is 1.10 bits per heavy atom. The molecular weight excluding hydrogens is 392 g/mol. The average molecular weight is 431 g/mol. The summed E-state index contributed by atoms with van der Waals surface area (Å²) in [7, 11) is 0. The van der Waals surface area contributed by atoms with Gasteiger partial charge in [-0.05, 0) is 118 Å². The lowest BCUT2D eigenvalue weighted by molar-refractivity contribution is -0.0503. The highest BCUT2D eigenvalue weighted by atomic mass is 35.5. The Bertz CT molecular complexity index is 709. The highest BCUT2D eigenvalue weighted by Crippen LogP contribution is 2.59. The lowest BCUT2D eigenvalue weighted by Gasteiger charge is -2.56. The monoisotopic (exact) mass is 430 g/mol. The summed E-state index contributed by atoms with van der Waals surface area (Å²) in [5.41, 5.74) is 2.20. The van der Waals surface area contributed by atoms with Gasteiger partial charge < -0.3 is 10.6 Å². The minimum Gasteiger partial charge on any atom is -0.351 e. The van der Waals surface area contributed by atoms with Crippen LogP contribution in [-0.4, -0.2) is 25.5 Å². The van der Waals surface area contributed by atoms with E-state index < -0.39 is 0 Å². The molecule has 4 heteroatoms. The second-order valence-electron chi connectivity index (χ2n) is 11.0. The van der Waals surface area contributed by atoms with Crippen molar-refractivity contribution in [2.75, 3.05) is 19.6 Å². The van der Waals surface area contributed by atoms with E-state index >= 15 is 0 Å². The summed E-state index contributed by atoms with van der Waals surface area (Å²) in [5.74, 6) is 3.48. The second-order valence-corrected chi connectivity index (χ2v) is 11.4. The Morgan fingerprint density at radius 3 is 2.40 bits per heavy atom. The predicted molar refractivity (Wildman–Crippen MR) is 125 cm³/mol. The minimum atomic E-state index is 0.00709. The van der Waals surface area contributed by atoms with E-state index in [9.17, 15) is 4.79 Å². The number of nitrogens with one attached hydrogen (secondary N) is 2. The number of amides is 1. The van der Waals surface area contributed by atoms with E-state index in [4.69, 9.17) is 11.6 Å². The molecule has 0 aliphatic heterocycles. The van der Waals surface area contributed by atoms with Crippen LogP contribution in [0.25, 0.3) is 0 Å². The number of carbonyl (C=O) groups is 1. The van der Waals surface area contributed by atoms with E-state index in [1.54, 1.807) is 0 Å². The number of rotatable bonds is 10. The molecule has 0 aromatic heterocycles. The number of carbonyl (C=O) groups excluding carboxylic acids is 1. The molecule has 1 aromatic carbocycles. The topological polar surface area (TPSA) is 41.1 Å². The number of halogens is 1. The molecule has 0 atom stereocenters. The van der Waals surface area contributed by atoms with Crippen molar-refractivity contribution in [1.82, 2.24) is 10.6 Å². The van der Waals surface area contributed by atoms with Crippen molar-refractivity contribution in [3.8, 4) is 0 Å². The zero-order valence-corrected chi connectivity index (χ0v) is 19.6. The summed E-state index contributed by atoms with van der Waals surface area (Å²) in [4.78, 5) is 13.0. The fraction of sp³-hybridized carbons (Fsp3) is 0.731. The van der Waals surface area contributed by atoms with Crippen LogP contribution in [0.5, 0.6) is 0 Å². The Morgan fingerprint density at radius 2 is 1.77 bits per heavy atom. The van der Waals surface area contributed by atoms with Crippen LogP contribution in [0.15, 0.2) is 18.2 Å². The fourth-order valence-corrected chi connectivity index (χ4v) is 6.91. The standard InChI is InChI=1S/C26H39ClN2O/c1-18(2)7-9-28-8-3-4-19-5-6-24(27)23(13-19)25(30)29-17-26-14-20-10-21(15-26)12-22(11-20)16-26/h5-6,13,18,20-22,28H,3-4,7-12,14-17H2,1-2H3,(H,29,30). The highest BCUT2D eigenvalue weighted by molar-refractivity contribution is 6.33. The molecule has 2 N–H and O–H groups in total. The first-order valence-corrected chi connectivity index (χ1v) is 12.6. The molecule has 4 aliphatic carbocycles. The first-order valence-electron chi connectivity index (χ1n) is 12.2. The van der Waals surface area contributed by atoms with Gasteiger partial charge in [0, 0.05) is 6.54 Å². The van der Waals surface area contributed by atoms with E-state index in [-0.39, 0.29) is 5.91 Å². The molecule has 0 heterocycles. The van der Waals surface area contributed by atoms with Crippen LogP contribution in [0, 0.1) is 29.1 Å². The van der Waals surface area contributed by atoms with E-state index in [2.05, 4.69) is 30.5 Å². The summed E-state index contributed by atoms with van der Waals surface area (Å²) in [6.45, 7) is 7.44. The maximum Gasteiger partial charge on any atom is 0.252 e. The third-order valence-corrected chi connectivity index (χ3v) is 8.11. The van der Waals surface area contributed by atoms with Crippen molar-refractivity contribution in [3.63, 3.8) is 0 Å². The van der Waals surface area contributed by atoms with Crippen LogP contribution < -0.4 is 10.6 Å². The van der Waals surface area contributed by atoms with Crippen molar-refractivity contribution < 1.29 is 4.79 Å². The van der Waals surface area contributed by atoms with E-state index in [1.165, 1.54) is 50.5 Å². The highest BCUT2D eigenvalue weighted by Gasteiger charge is 2.50. The normalized spacial score (nSPS) is 29.5. The third kappa shape index (κ3) is 5.40. The molecule has 1 aromatic rings. The first-order chi connectivity index (χ1) is 14.4. The van der Waals surface area contributed by atoms with E-state index in [0.29, 0.717) is 16.0 Å². The Labute approximate surface area is 187 Å². The molecule has 4 aliphatic rings. The maximum atomic E-state index is 13.0. The number of aryl methyl sites for hydroxylation is 1. The molecule has 3 nitrogen and oxygen atoms in total. The molecule has 0 radical (unpaired) electrons. The van der Waals surface area contributed by atoms with Gasteiger partial charge in [-0.1, -0.05) is 31.5 Å². The van der Waals surface area contributed by atoms with Crippen LogP contribution in [0.1, 0.15) is 81.1 Å². The molecule has 166 valence electrons. The Balaban J connectivity index is 1.28. The van der Waals surface area contributed by atoms with Gasteiger partial charge in [0.15, 0.2) is 0 Å². The maximum absolute atomic E-state index is 13.0. The predicted octanol–water partition coefficient (Wildman–Crippen LogP) is 5.85. The van der Waals surface area contributed by atoms with Crippen LogP contribution in [-0.2, 0) is 6.42 Å². The summed E-state index contributed by atoms with van der Waals surface area (Å²) in [6, 6.07) is 5.96. The molecular formula is C26H39ClN2O. The van der Waals surface area contributed by atoms with Crippen LogP contribution in [0.2, 0.25) is 5.02 Å². The lowest BCUT2D eigenvalue weighted by atomic mass is 9.49. The SMILES string of the molecule is CC(C)CCNCCCc1ccc(Cl)c(C(=O)NCC23CC4CC(CC(C4)C2)C3)c1. The molecule has 4 fully saturated rings. The van der Waals surface area contributed by atoms with Gasteiger partial charge in [-0.25, -0.2) is 0 Å². The number of hydrogen-bond donors (Lipinski definition) is 2. The van der Waals surface area contributed by atoms with Gasteiger partial charge in [-0.3, -0.25) is 4.79 Å². The molecule has 5 rings (SSSR count). The van der Waals surface area contributed by atoms with E-state index in [0.717, 1.165) is 56.1 Å². The van der Waals surface area contributed by atoms with Crippen molar-refractivity contribution in [3.05, 3.63) is 34.3 Å². The van der Waals surface area contributed by atoms with Gasteiger partial charge in [0.2, 0.25) is 0 Å². The van der Waals surface area contributed by atoms with Crippen LogP contribution in [0.3, 0.4) is 0 Å². The lowest BCUT2D eigenvalue weighted by Crippen LogP contribution is -2.51. The van der Waals surface area contributed by atoms with Crippen molar-refractivity contribution in [2.45, 2.75) is 71.6 Å². The average Bonchev–Trinajstić information content (AvgIpc) is 2.69. The molecule has 1 amide bonds. The quantitative estimate of drug-likeness (QED) is 0.457. The van der Waals surface area contributed by atoms with Gasteiger partial charge in [-0.2, -0.15) is 0 Å². The van der Waals surface area contributed by atoms with Gasteiger partial charge in [0.25, 0.3) is 5.91 Å². The number of hydrogen-bond acceptors (Lipinski definition) is 2. The number of benzene rings is 1. The van der Waals surface area contributed by atoms with Crippen molar-refractivity contribution >= 4 is 17.5 Å². The van der Waals surface area contributed by atoms with Crippen LogP contribution >= 0.6 is 11.6 Å². The van der Waals surface area contributed by atoms with Gasteiger partial charge in [0.05, 0.1) is 10.6 Å². The molecule has 0 unspecified atom stereocenters. The van der Waals surface area contributed by atoms with E-state index in [1.807, 2.05) is 12.1 Å². The molecule has 4 bridgehead atoms. The Kier molecular flexibility index (Phi) is 7.09. The summed E-state index contributed by atoms with van der Waals surface area (Å²) in [6.07, 6.45) is 11.5. The third-order valence-electron chi connectivity index (χ3n) is 7.78. The Hall–Kier alpha value is -1.06. The molecule has 4 saturated carbocycles. The summed E-state index contributed by atoms with van der Waals surface area (Å²) >= 11 is 6.40. The fourth-order valence-electron chi connectivity index (χ4n) is 6.70. The zero-order chi connectivity index (χ0) is 21.1. The molecule has 0 spiro atoms. The van der Waals surface area contributed by atoms with Crippen molar-refractivity contribution in [1.29, 1.82) is 0 Å². The molecule has 0 saturated heterocycles. The smallest absolute Gasteiger partial charge is 0.252 e. The van der Waals surface area contributed by atoms with Gasteiger partial charge in [-0.15, -0.1) is 0 Å². The van der Waals surface area contributed by atoms with Gasteiger partial charge in [0.1, 0.15) is 0 Å². The zero-order valence-electron chi connectivity index (χ0n) is 18.8. The summed E-state index contributed by atoms with van der Waals surface area (Å²) in [5, 5.41) is 7.36. The first kappa shape index (κ1) is 22.1. The largest absolute Gasteiger partial charge is 0.351 e. The minimum absolute atomic E-state index is 0.00709. The van der Waals surface area contributed by atoms with Gasteiger partial charge >= 0.3 is 0 Å². The second kappa shape index (κ2) is 9.61.